The van der Waals surface area contributed by atoms with Crippen LogP contribution in [-0.2, 0) is 0 Å². The molecule has 0 amide bonds. The highest BCUT2D eigenvalue weighted by atomic mass is 15.1. The Kier molecular flexibility index (Phi) is 6.39. The zero-order valence-electron chi connectivity index (χ0n) is 9.22. The van der Waals surface area contributed by atoms with Crippen LogP contribution >= 0.6 is 0 Å². The lowest BCUT2D eigenvalue weighted by Crippen LogP contribution is -2.35. The molecule has 0 spiro atoms. The molecule has 0 heterocycles. The first-order valence-corrected chi connectivity index (χ1v) is 4.92. The van der Waals surface area contributed by atoms with Crippen LogP contribution in [0.15, 0.2) is 0 Å². The number of nitrogens with zero attached hydrogens (tertiary/aromatic N) is 1. The number of nitrogens with one attached hydrogen (secondary N) is 1. The maximum Gasteiger partial charge on any atom is 0.0106 e. The van der Waals surface area contributed by atoms with E-state index in [-0.39, 0.29) is 0 Å². The van der Waals surface area contributed by atoms with Gasteiger partial charge in [-0.3, -0.25) is 0 Å². The molecule has 1 unspecified atom stereocenters. The number of rotatable bonds is 6. The average Bonchev–Trinajstić information content (AvgIpc) is 1.98. The van der Waals surface area contributed by atoms with E-state index in [4.69, 9.17) is 0 Å². The van der Waals surface area contributed by atoms with Gasteiger partial charge in [-0.25, -0.2) is 0 Å². The van der Waals surface area contributed by atoms with Gasteiger partial charge in [0.05, 0.1) is 0 Å². The summed E-state index contributed by atoms with van der Waals surface area (Å²) in [6.45, 7) is 9.09. The molecule has 0 bridgehead atoms. The van der Waals surface area contributed by atoms with E-state index in [9.17, 15) is 0 Å². The van der Waals surface area contributed by atoms with Crippen molar-refractivity contribution in [1.29, 1.82) is 0 Å². The predicted molar refractivity (Wildman–Crippen MR) is 55.5 cm³/mol. The molecule has 0 aliphatic carbocycles. The van der Waals surface area contributed by atoms with Crippen molar-refractivity contribution in [3.63, 3.8) is 0 Å². The summed E-state index contributed by atoms with van der Waals surface area (Å²) >= 11 is 0. The Bertz CT molecular complexity index is 102. The summed E-state index contributed by atoms with van der Waals surface area (Å²) in [4.78, 5) is 2.41. The molecule has 0 aliphatic heterocycles. The normalized spacial score (nSPS) is 14.2. The van der Waals surface area contributed by atoms with Crippen molar-refractivity contribution in [2.75, 3.05) is 27.2 Å². The van der Waals surface area contributed by atoms with Crippen LogP contribution in [-0.4, -0.2) is 38.1 Å². The van der Waals surface area contributed by atoms with Crippen molar-refractivity contribution in [1.82, 2.24) is 10.2 Å². The van der Waals surface area contributed by atoms with Crippen LogP contribution in [0.5, 0.6) is 0 Å². The lowest BCUT2D eigenvalue weighted by molar-refractivity contribution is 0.230. The Labute approximate surface area is 77.3 Å². The first-order chi connectivity index (χ1) is 5.57. The number of likely N-dealkylation sites (N-methyl/N-ethyl adjacent to an activating group) is 2. The Morgan fingerprint density at radius 2 is 1.83 bits per heavy atom. The van der Waals surface area contributed by atoms with Gasteiger partial charge in [-0.1, -0.05) is 13.8 Å². The fourth-order valence-electron chi connectivity index (χ4n) is 1.37. The van der Waals surface area contributed by atoms with Crippen LogP contribution in [0.2, 0.25) is 0 Å². The van der Waals surface area contributed by atoms with Crippen molar-refractivity contribution < 1.29 is 0 Å². The van der Waals surface area contributed by atoms with Crippen LogP contribution in [0.3, 0.4) is 0 Å². The van der Waals surface area contributed by atoms with Crippen molar-refractivity contribution in [2.24, 2.45) is 5.92 Å². The van der Waals surface area contributed by atoms with Gasteiger partial charge in [0.15, 0.2) is 0 Å². The van der Waals surface area contributed by atoms with Gasteiger partial charge < -0.3 is 10.2 Å². The molecule has 2 nitrogen and oxygen atoms in total. The quantitative estimate of drug-likeness (QED) is 0.654. The van der Waals surface area contributed by atoms with E-state index in [2.05, 4.69) is 38.0 Å². The third-order valence-electron chi connectivity index (χ3n) is 2.28. The molecule has 0 aliphatic rings. The van der Waals surface area contributed by atoms with Crippen molar-refractivity contribution in [3.05, 3.63) is 0 Å². The molecule has 0 aromatic heterocycles. The van der Waals surface area contributed by atoms with Crippen LogP contribution in [0, 0.1) is 5.92 Å². The monoisotopic (exact) mass is 172 g/mol. The molecular formula is C10H24N2. The molecule has 2 heteroatoms. The molecule has 0 aromatic carbocycles. The van der Waals surface area contributed by atoms with E-state index in [0.29, 0.717) is 6.04 Å². The third kappa shape index (κ3) is 5.56. The van der Waals surface area contributed by atoms with E-state index in [1.54, 1.807) is 0 Å². The Balaban J connectivity index is 3.53. The van der Waals surface area contributed by atoms with E-state index < -0.39 is 0 Å². The molecule has 1 N–H and O–H groups in total. The summed E-state index contributed by atoms with van der Waals surface area (Å²) in [7, 11) is 4.20. The summed E-state index contributed by atoms with van der Waals surface area (Å²) in [5.74, 6) is 0.803. The predicted octanol–water partition coefficient (Wildman–Crippen LogP) is 1.57. The van der Waals surface area contributed by atoms with Gasteiger partial charge >= 0.3 is 0 Å². The summed E-state index contributed by atoms with van der Waals surface area (Å²) in [6, 6.07) is 0.707. The van der Waals surface area contributed by atoms with Crippen LogP contribution in [0.1, 0.15) is 27.2 Å². The van der Waals surface area contributed by atoms with Crippen molar-refractivity contribution in [2.45, 2.75) is 33.2 Å². The van der Waals surface area contributed by atoms with Crippen LogP contribution in [0.4, 0.5) is 0 Å². The zero-order valence-corrected chi connectivity index (χ0v) is 9.22. The summed E-state index contributed by atoms with van der Waals surface area (Å²) < 4.78 is 0. The molecule has 12 heavy (non-hydrogen) atoms. The Morgan fingerprint density at radius 3 is 2.25 bits per heavy atom. The average molecular weight is 172 g/mol. The zero-order chi connectivity index (χ0) is 9.56. The maximum atomic E-state index is 3.17. The highest BCUT2D eigenvalue weighted by molar-refractivity contribution is 4.65. The molecule has 0 fully saturated rings. The van der Waals surface area contributed by atoms with Gasteiger partial charge in [0.1, 0.15) is 0 Å². The fourth-order valence-corrected chi connectivity index (χ4v) is 1.37. The van der Waals surface area contributed by atoms with E-state index in [1.165, 1.54) is 6.42 Å². The second-order valence-corrected chi connectivity index (χ2v) is 4.06. The first kappa shape index (κ1) is 11.9. The highest BCUT2D eigenvalue weighted by Gasteiger charge is 2.09. The first-order valence-electron chi connectivity index (χ1n) is 4.92. The lowest BCUT2D eigenvalue weighted by Gasteiger charge is -2.25. The highest BCUT2D eigenvalue weighted by Crippen LogP contribution is 2.08. The fraction of sp³-hybridized carbons (Fsp3) is 1.00. The van der Waals surface area contributed by atoms with Gasteiger partial charge in [0.2, 0.25) is 0 Å². The van der Waals surface area contributed by atoms with Gasteiger partial charge in [-0.15, -0.1) is 0 Å². The van der Waals surface area contributed by atoms with E-state index in [0.717, 1.165) is 19.0 Å². The second-order valence-electron chi connectivity index (χ2n) is 4.06. The van der Waals surface area contributed by atoms with Gasteiger partial charge in [-0.2, -0.15) is 0 Å². The summed E-state index contributed by atoms with van der Waals surface area (Å²) in [5.41, 5.74) is 0. The van der Waals surface area contributed by atoms with Crippen LogP contribution in [0.25, 0.3) is 0 Å². The smallest absolute Gasteiger partial charge is 0.0106 e. The standard InChI is InChI=1S/C10H24N2/c1-9(2)8-10(3)12(5)7-6-11-4/h9-11H,6-8H2,1-5H3. The molecule has 0 saturated heterocycles. The Morgan fingerprint density at radius 1 is 1.25 bits per heavy atom. The summed E-state index contributed by atoms with van der Waals surface area (Å²) in [6.07, 6.45) is 1.29. The minimum atomic E-state index is 0.707. The van der Waals surface area contributed by atoms with Crippen molar-refractivity contribution >= 4 is 0 Å². The third-order valence-corrected chi connectivity index (χ3v) is 2.28. The lowest BCUT2D eigenvalue weighted by atomic mass is 10.0. The molecule has 0 saturated carbocycles. The minimum Gasteiger partial charge on any atom is -0.318 e. The Hall–Kier alpha value is -0.0800. The van der Waals surface area contributed by atoms with Gasteiger partial charge in [-0.05, 0) is 33.4 Å². The maximum absolute atomic E-state index is 3.17. The minimum absolute atomic E-state index is 0.707. The molecule has 74 valence electrons. The molecule has 0 aromatic rings. The van der Waals surface area contributed by atoms with Gasteiger partial charge in [0.25, 0.3) is 0 Å². The topological polar surface area (TPSA) is 15.3 Å². The van der Waals surface area contributed by atoms with Gasteiger partial charge in [0, 0.05) is 19.1 Å². The van der Waals surface area contributed by atoms with E-state index in [1.807, 2.05) is 7.05 Å². The second kappa shape index (κ2) is 6.44. The van der Waals surface area contributed by atoms with Crippen molar-refractivity contribution in [3.8, 4) is 0 Å². The largest absolute Gasteiger partial charge is 0.318 e. The number of hydrogen-bond acceptors (Lipinski definition) is 2. The molecular weight excluding hydrogens is 148 g/mol. The summed E-state index contributed by atoms with van der Waals surface area (Å²) in [5, 5.41) is 3.17. The number of hydrogen-bond donors (Lipinski definition) is 1. The molecule has 0 radical (unpaired) electrons. The molecule has 0 rings (SSSR count). The SMILES string of the molecule is CNCCN(C)C(C)CC(C)C. The van der Waals surface area contributed by atoms with E-state index >= 15 is 0 Å². The molecule has 1 atom stereocenters. The van der Waals surface area contributed by atoms with Crippen LogP contribution < -0.4 is 5.32 Å².